The summed E-state index contributed by atoms with van der Waals surface area (Å²) in [6, 6.07) is 16.2. The summed E-state index contributed by atoms with van der Waals surface area (Å²) >= 11 is 0. The summed E-state index contributed by atoms with van der Waals surface area (Å²) in [5.41, 5.74) is 6.23. The van der Waals surface area contributed by atoms with Gasteiger partial charge in [-0.2, -0.15) is 0 Å². The Kier molecular flexibility index (Phi) is 16.7. The number of carbonyl (C=O) groups excluding carboxylic acids is 2. The fraction of sp³-hybridized carbons (Fsp3) is 0.500. The van der Waals surface area contributed by atoms with Crippen molar-refractivity contribution in [3.8, 4) is 45.3 Å². The third-order valence-corrected chi connectivity index (χ3v) is 9.49. The molecule has 1 aliphatic rings. The Bertz CT molecular complexity index is 1690. The molecule has 0 saturated heterocycles. The van der Waals surface area contributed by atoms with Crippen LogP contribution in [0.3, 0.4) is 0 Å². The van der Waals surface area contributed by atoms with Gasteiger partial charge in [-0.1, -0.05) is 64.5 Å². The van der Waals surface area contributed by atoms with Gasteiger partial charge in [0.25, 0.3) is 0 Å². The Morgan fingerprint density at radius 3 is 2.07 bits per heavy atom. The molecule has 4 rings (SSSR count). The van der Waals surface area contributed by atoms with Crippen molar-refractivity contribution in [2.45, 2.75) is 79.1 Å². The Morgan fingerprint density at radius 2 is 1.41 bits per heavy atom. The number of esters is 2. The number of aliphatic hydroxyl groups excluding tert-OH is 2. The molecule has 0 atom stereocenters. The zero-order valence-corrected chi connectivity index (χ0v) is 32.6. The number of ether oxygens (including phenoxy) is 6. The Hall–Kier alpha value is -4.54. The van der Waals surface area contributed by atoms with Crippen molar-refractivity contribution in [3.05, 3.63) is 71.8 Å². The maximum absolute atomic E-state index is 12.1. The Morgan fingerprint density at radius 1 is 0.722 bits per heavy atom. The molecule has 3 aromatic carbocycles. The van der Waals surface area contributed by atoms with E-state index < -0.39 is 5.97 Å². The minimum absolute atomic E-state index is 0.0145. The molecule has 1 fully saturated rings. The van der Waals surface area contributed by atoms with Gasteiger partial charge >= 0.3 is 11.9 Å². The highest BCUT2D eigenvalue weighted by Gasteiger charge is 2.23. The average Bonchev–Trinajstić information content (AvgIpc) is 3.16. The second-order valence-corrected chi connectivity index (χ2v) is 14.3. The summed E-state index contributed by atoms with van der Waals surface area (Å²) in [7, 11) is 0. The van der Waals surface area contributed by atoms with Crippen molar-refractivity contribution in [2.75, 3.05) is 52.9 Å². The fourth-order valence-electron chi connectivity index (χ4n) is 6.41. The molecular weight excluding hydrogens is 688 g/mol. The Labute approximate surface area is 320 Å². The molecule has 0 heterocycles. The van der Waals surface area contributed by atoms with E-state index in [0.717, 1.165) is 33.7 Å². The van der Waals surface area contributed by atoms with E-state index in [1.165, 1.54) is 31.2 Å². The fourth-order valence-corrected chi connectivity index (χ4v) is 6.41. The summed E-state index contributed by atoms with van der Waals surface area (Å²) in [5, 5.41) is 19.1. The van der Waals surface area contributed by atoms with Gasteiger partial charge in [0.15, 0.2) is 23.0 Å². The third-order valence-electron chi connectivity index (χ3n) is 9.49. The number of rotatable bonds is 21. The largest absolute Gasteiger partial charge is 0.489 e. The number of hydrogen-bond acceptors (Lipinski definition) is 10. The van der Waals surface area contributed by atoms with Crippen molar-refractivity contribution in [2.24, 2.45) is 11.8 Å². The van der Waals surface area contributed by atoms with Gasteiger partial charge in [0, 0.05) is 17.7 Å². The maximum Gasteiger partial charge on any atom is 0.333 e. The lowest BCUT2D eigenvalue weighted by molar-refractivity contribution is -0.148. The van der Waals surface area contributed by atoms with Gasteiger partial charge < -0.3 is 38.6 Å². The van der Waals surface area contributed by atoms with Crippen molar-refractivity contribution in [1.29, 1.82) is 0 Å². The Balaban J connectivity index is 1.77. The SMILES string of the molecule is C=C(C)C(=O)OCCOc1cc(-c2ccc(C3CCC(C)CC3)cc2C)cc(-c2ccc(OCCOC(=O)C(C)C)c(OCCO)c2)c1OCCCCO. The molecule has 0 aliphatic heterocycles. The van der Waals surface area contributed by atoms with Crippen LogP contribution in [0.15, 0.2) is 60.7 Å². The average molecular weight is 747 g/mol. The van der Waals surface area contributed by atoms with Crippen molar-refractivity contribution < 1.29 is 48.2 Å². The first-order chi connectivity index (χ1) is 26.0. The highest BCUT2D eigenvalue weighted by Crippen LogP contribution is 2.45. The molecule has 0 radical (unpaired) electrons. The van der Waals surface area contributed by atoms with E-state index in [1.807, 2.05) is 18.2 Å². The molecule has 2 N–H and O–H groups in total. The van der Waals surface area contributed by atoms with Crippen LogP contribution in [-0.2, 0) is 19.1 Å². The molecule has 0 amide bonds. The van der Waals surface area contributed by atoms with Gasteiger partial charge in [-0.25, -0.2) is 4.79 Å². The van der Waals surface area contributed by atoms with E-state index in [2.05, 4.69) is 44.7 Å². The predicted octanol–water partition coefficient (Wildman–Crippen LogP) is 8.22. The van der Waals surface area contributed by atoms with Crippen LogP contribution in [0.5, 0.6) is 23.0 Å². The molecule has 0 unspecified atom stereocenters. The number of benzene rings is 3. The van der Waals surface area contributed by atoms with Crippen LogP contribution >= 0.6 is 0 Å². The van der Waals surface area contributed by atoms with E-state index in [0.29, 0.717) is 53.9 Å². The zero-order chi connectivity index (χ0) is 39.0. The van der Waals surface area contributed by atoms with Crippen LogP contribution in [0, 0.1) is 18.8 Å². The molecule has 3 aromatic rings. The molecular formula is C44H58O10. The molecule has 1 aliphatic carbocycles. The molecule has 0 spiro atoms. The molecule has 0 bridgehead atoms. The van der Waals surface area contributed by atoms with Gasteiger partial charge in [0.1, 0.15) is 33.0 Å². The van der Waals surface area contributed by atoms with Gasteiger partial charge in [-0.15, -0.1) is 0 Å². The van der Waals surface area contributed by atoms with Gasteiger partial charge in [0.05, 0.1) is 19.1 Å². The minimum atomic E-state index is -0.493. The van der Waals surface area contributed by atoms with E-state index in [4.69, 9.17) is 28.4 Å². The highest BCUT2D eigenvalue weighted by atomic mass is 16.6. The minimum Gasteiger partial charge on any atom is -0.489 e. The predicted molar refractivity (Wildman–Crippen MR) is 209 cm³/mol. The van der Waals surface area contributed by atoms with E-state index in [1.54, 1.807) is 26.8 Å². The zero-order valence-electron chi connectivity index (χ0n) is 32.6. The molecule has 10 nitrogen and oxygen atoms in total. The maximum atomic E-state index is 12.1. The molecule has 54 heavy (non-hydrogen) atoms. The third kappa shape index (κ3) is 12.2. The second-order valence-electron chi connectivity index (χ2n) is 14.3. The first-order valence-electron chi connectivity index (χ1n) is 19.2. The molecule has 294 valence electrons. The quantitative estimate of drug-likeness (QED) is 0.0625. The summed E-state index contributed by atoms with van der Waals surface area (Å²) in [6.45, 7) is 13.7. The number of aryl methyl sites for hydroxylation is 1. The second kappa shape index (κ2) is 21.4. The summed E-state index contributed by atoms with van der Waals surface area (Å²) in [4.78, 5) is 24.0. The number of carbonyl (C=O) groups is 2. The highest BCUT2D eigenvalue weighted by molar-refractivity contribution is 5.87. The first kappa shape index (κ1) is 42.2. The van der Waals surface area contributed by atoms with Gasteiger partial charge in [0.2, 0.25) is 0 Å². The number of hydrogen-bond donors (Lipinski definition) is 2. The standard InChI is InChI=1S/C44H58O10/c1-29(2)43(47)53-23-21-50-39-16-14-35(27-40(39)49-20-18-46)38-26-36(37-15-13-34(25-32(37)6)33-11-9-31(5)10-12-33)28-41(42(38)52-19-8-7-17-45)51-22-24-54-44(48)30(3)4/h13-16,25-29,31,33,45-46H,3,7-12,17-24H2,1-2,4-6H3. The molecule has 10 heteroatoms. The molecule has 1 saturated carbocycles. The van der Waals surface area contributed by atoms with Gasteiger partial charge in [-0.05, 0) is 103 Å². The van der Waals surface area contributed by atoms with Crippen LogP contribution in [0.4, 0.5) is 0 Å². The van der Waals surface area contributed by atoms with E-state index in [-0.39, 0.29) is 58.1 Å². The van der Waals surface area contributed by atoms with Crippen LogP contribution in [0.1, 0.15) is 83.3 Å². The van der Waals surface area contributed by atoms with Crippen LogP contribution < -0.4 is 18.9 Å². The summed E-state index contributed by atoms with van der Waals surface area (Å²) in [6.07, 6.45) is 6.08. The van der Waals surface area contributed by atoms with Crippen molar-refractivity contribution >= 4 is 11.9 Å². The molecule has 0 aromatic heterocycles. The van der Waals surface area contributed by atoms with Crippen LogP contribution in [0.25, 0.3) is 22.3 Å². The van der Waals surface area contributed by atoms with Crippen molar-refractivity contribution in [3.63, 3.8) is 0 Å². The normalized spacial score (nSPS) is 15.4. The summed E-state index contributed by atoms with van der Waals surface area (Å²) in [5.74, 6) is 2.05. The first-order valence-corrected chi connectivity index (χ1v) is 19.2. The lowest BCUT2D eigenvalue weighted by Gasteiger charge is -2.27. The lowest BCUT2D eigenvalue weighted by atomic mass is 9.79. The van der Waals surface area contributed by atoms with Crippen LogP contribution in [-0.4, -0.2) is 75.0 Å². The van der Waals surface area contributed by atoms with E-state index in [9.17, 15) is 19.8 Å². The van der Waals surface area contributed by atoms with Gasteiger partial charge in [-0.3, -0.25) is 4.79 Å². The summed E-state index contributed by atoms with van der Waals surface area (Å²) < 4.78 is 35.3. The number of unbranched alkanes of at least 4 members (excludes halogenated alkanes) is 1. The topological polar surface area (TPSA) is 130 Å². The van der Waals surface area contributed by atoms with E-state index >= 15 is 0 Å². The van der Waals surface area contributed by atoms with Crippen LogP contribution in [0.2, 0.25) is 0 Å². The van der Waals surface area contributed by atoms with Crippen molar-refractivity contribution in [1.82, 2.24) is 0 Å². The lowest BCUT2D eigenvalue weighted by Crippen LogP contribution is -2.16. The monoisotopic (exact) mass is 746 g/mol. The number of aliphatic hydroxyl groups is 2. The smallest absolute Gasteiger partial charge is 0.333 e.